The zero-order chi connectivity index (χ0) is 18.5. The van der Waals surface area contributed by atoms with Crippen molar-refractivity contribution >= 4 is 11.4 Å². The molecule has 4 rings (SSSR count). The molecule has 1 aliphatic carbocycles. The Kier molecular flexibility index (Phi) is 3.73. The van der Waals surface area contributed by atoms with Crippen molar-refractivity contribution in [1.29, 1.82) is 0 Å². The number of rotatable bonds is 2. The van der Waals surface area contributed by atoms with Crippen LogP contribution < -0.4 is 4.90 Å². The van der Waals surface area contributed by atoms with Crippen LogP contribution in [0.4, 0.5) is 11.4 Å². The summed E-state index contributed by atoms with van der Waals surface area (Å²) in [6.45, 7) is 11.5. The standard InChI is InChI=1S/C25H27N/c1-24(2,3)26(18-11-7-6-8-12-18)19-15-16-21-20-13-9-10-14-22(20)25(4,5)23(21)17-19/h6-17H,1-5H3. The van der Waals surface area contributed by atoms with Gasteiger partial charge in [-0.25, -0.2) is 0 Å². The lowest BCUT2D eigenvalue weighted by molar-refractivity contribution is 0.559. The lowest BCUT2D eigenvalue weighted by atomic mass is 9.82. The Morgan fingerprint density at radius 1 is 0.654 bits per heavy atom. The molecule has 0 aromatic heterocycles. The Balaban J connectivity index is 1.89. The second kappa shape index (κ2) is 5.74. The maximum absolute atomic E-state index is 2.44. The monoisotopic (exact) mass is 341 g/mol. The summed E-state index contributed by atoms with van der Waals surface area (Å²) in [5.41, 5.74) is 8.09. The molecule has 26 heavy (non-hydrogen) atoms. The fourth-order valence-corrected chi connectivity index (χ4v) is 4.33. The molecule has 0 N–H and O–H groups in total. The molecule has 1 nitrogen and oxygen atoms in total. The molecule has 0 amide bonds. The summed E-state index contributed by atoms with van der Waals surface area (Å²) in [6, 6.07) is 26.5. The molecule has 0 saturated carbocycles. The van der Waals surface area contributed by atoms with E-state index in [0.717, 1.165) is 0 Å². The Hall–Kier alpha value is -2.54. The predicted octanol–water partition coefficient (Wildman–Crippen LogP) is 6.93. The minimum Gasteiger partial charge on any atom is -0.336 e. The van der Waals surface area contributed by atoms with Crippen LogP contribution in [0.1, 0.15) is 45.7 Å². The van der Waals surface area contributed by atoms with Crippen molar-refractivity contribution in [1.82, 2.24) is 0 Å². The topological polar surface area (TPSA) is 3.24 Å². The zero-order valence-corrected chi connectivity index (χ0v) is 16.4. The minimum absolute atomic E-state index is 0.00874. The molecule has 3 aromatic carbocycles. The van der Waals surface area contributed by atoms with Crippen LogP contribution in [0.15, 0.2) is 72.8 Å². The minimum atomic E-state index is -0.00874. The van der Waals surface area contributed by atoms with Crippen LogP contribution in [0, 0.1) is 0 Å². The molecule has 0 saturated heterocycles. The molecule has 0 fully saturated rings. The molecule has 0 heterocycles. The van der Waals surface area contributed by atoms with Gasteiger partial charge >= 0.3 is 0 Å². The largest absolute Gasteiger partial charge is 0.336 e. The van der Waals surface area contributed by atoms with E-state index in [2.05, 4.69) is 112 Å². The van der Waals surface area contributed by atoms with Gasteiger partial charge in [-0.3, -0.25) is 0 Å². The van der Waals surface area contributed by atoms with Crippen LogP contribution in [0.25, 0.3) is 11.1 Å². The van der Waals surface area contributed by atoms with Gasteiger partial charge in [-0.1, -0.05) is 62.4 Å². The highest BCUT2D eigenvalue weighted by Crippen LogP contribution is 2.50. The number of benzene rings is 3. The molecule has 1 aliphatic rings. The number of hydrogen-bond acceptors (Lipinski definition) is 1. The first-order valence-electron chi connectivity index (χ1n) is 9.40. The van der Waals surface area contributed by atoms with E-state index in [1.807, 2.05) is 0 Å². The first kappa shape index (κ1) is 16.9. The summed E-state index contributed by atoms with van der Waals surface area (Å²) in [7, 11) is 0. The van der Waals surface area contributed by atoms with Crippen molar-refractivity contribution in [3.8, 4) is 11.1 Å². The summed E-state index contributed by atoms with van der Waals surface area (Å²) in [5.74, 6) is 0. The van der Waals surface area contributed by atoms with Gasteiger partial charge in [-0.15, -0.1) is 0 Å². The van der Waals surface area contributed by atoms with Gasteiger partial charge in [0.15, 0.2) is 0 Å². The van der Waals surface area contributed by atoms with Gasteiger partial charge in [-0.2, -0.15) is 0 Å². The summed E-state index contributed by atoms with van der Waals surface area (Å²) >= 11 is 0. The Morgan fingerprint density at radius 2 is 1.27 bits per heavy atom. The smallest absolute Gasteiger partial charge is 0.0419 e. The quantitative estimate of drug-likeness (QED) is 0.488. The van der Waals surface area contributed by atoms with Crippen LogP contribution in [0.5, 0.6) is 0 Å². The molecular weight excluding hydrogens is 314 g/mol. The van der Waals surface area contributed by atoms with Crippen LogP contribution in [-0.4, -0.2) is 5.54 Å². The van der Waals surface area contributed by atoms with Crippen LogP contribution in [-0.2, 0) is 5.41 Å². The summed E-state index contributed by atoms with van der Waals surface area (Å²) in [6.07, 6.45) is 0. The summed E-state index contributed by atoms with van der Waals surface area (Å²) < 4.78 is 0. The SMILES string of the molecule is CC1(C)c2ccccc2-c2ccc(N(c3ccccc3)C(C)(C)C)cc21. The van der Waals surface area contributed by atoms with Gasteiger partial charge in [0, 0.05) is 22.3 Å². The van der Waals surface area contributed by atoms with E-state index in [-0.39, 0.29) is 11.0 Å². The second-order valence-electron chi connectivity index (χ2n) is 8.74. The average Bonchev–Trinajstić information content (AvgIpc) is 2.83. The Labute approximate surface area is 157 Å². The molecule has 0 aliphatic heterocycles. The Morgan fingerprint density at radius 3 is 1.96 bits per heavy atom. The van der Waals surface area contributed by atoms with E-state index in [9.17, 15) is 0 Å². The number of nitrogens with zero attached hydrogens (tertiary/aromatic N) is 1. The fraction of sp³-hybridized carbons (Fsp3) is 0.280. The van der Waals surface area contributed by atoms with Gasteiger partial charge in [0.1, 0.15) is 0 Å². The van der Waals surface area contributed by atoms with Crippen molar-refractivity contribution < 1.29 is 0 Å². The molecule has 132 valence electrons. The van der Waals surface area contributed by atoms with Gasteiger partial charge < -0.3 is 4.90 Å². The number of anilines is 2. The maximum Gasteiger partial charge on any atom is 0.0419 e. The van der Waals surface area contributed by atoms with Crippen molar-refractivity contribution in [2.75, 3.05) is 4.90 Å². The highest BCUT2D eigenvalue weighted by atomic mass is 15.2. The second-order valence-corrected chi connectivity index (χ2v) is 8.74. The van der Waals surface area contributed by atoms with E-state index in [0.29, 0.717) is 0 Å². The van der Waals surface area contributed by atoms with E-state index in [4.69, 9.17) is 0 Å². The van der Waals surface area contributed by atoms with E-state index in [1.54, 1.807) is 0 Å². The van der Waals surface area contributed by atoms with Crippen molar-refractivity contribution in [3.63, 3.8) is 0 Å². The maximum atomic E-state index is 2.44. The molecule has 0 spiro atoms. The van der Waals surface area contributed by atoms with Gasteiger partial charge in [-0.05, 0) is 67.3 Å². The number of fused-ring (bicyclic) bond motifs is 3. The van der Waals surface area contributed by atoms with Crippen LogP contribution >= 0.6 is 0 Å². The molecule has 3 aromatic rings. The lowest BCUT2D eigenvalue weighted by Crippen LogP contribution is -2.37. The molecule has 0 atom stereocenters. The van der Waals surface area contributed by atoms with Gasteiger partial charge in [0.2, 0.25) is 0 Å². The van der Waals surface area contributed by atoms with Crippen molar-refractivity contribution in [2.24, 2.45) is 0 Å². The van der Waals surface area contributed by atoms with Crippen LogP contribution in [0.2, 0.25) is 0 Å². The number of para-hydroxylation sites is 1. The molecule has 0 radical (unpaired) electrons. The van der Waals surface area contributed by atoms with Crippen molar-refractivity contribution in [3.05, 3.63) is 83.9 Å². The molecule has 0 unspecified atom stereocenters. The van der Waals surface area contributed by atoms with E-state index >= 15 is 0 Å². The lowest BCUT2D eigenvalue weighted by Gasteiger charge is -2.38. The first-order valence-corrected chi connectivity index (χ1v) is 9.40. The fourth-order valence-electron chi connectivity index (χ4n) is 4.33. The highest BCUT2D eigenvalue weighted by Gasteiger charge is 2.36. The zero-order valence-electron chi connectivity index (χ0n) is 16.4. The third-order valence-corrected chi connectivity index (χ3v) is 5.51. The van der Waals surface area contributed by atoms with E-state index in [1.165, 1.54) is 33.6 Å². The molecular formula is C25H27N. The van der Waals surface area contributed by atoms with Crippen LogP contribution in [0.3, 0.4) is 0 Å². The third-order valence-electron chi connectivity index (χ3n) is 5.51. The van der Waals surface area contributed by atoms with Gasteiger partial charge in [0.25, 0.3) is 0 Å². The highest BCUT2D eigenvalue weighted by molar-refractivity contribution is 5.83. The number of hydrogen-bond donors (Lipinski definition) is 0. The van der Waals surface area contributed by atoms with E-state index < -0.39 is 0 Å². The molecule has 1 heteroatoms. The predicted molar refractivity (Wildman–Crippen MR) is 112 cm³/mol. The van der Waals surface area contributed by atoms with Gasteiger partial charge in [0.05, 0.1) is 0 Å². The Bertz CT molecular complexity index is 945. The third kappa shape index (κ3) is 2.54. The summed E-state index contributed by atoms with van der Waals surface area (Å²) in [4.78, 5) is 2.44. The summed E-state index contributed by atoms with van der Waals surface area (Å²) in [5, 5.41) is 0. The average molecular weight is 341 g/mol. The van der Waals surface area contributed by atoms with Crippen molar-refractivity contribution in [2.45, 2.75) is 45.6 Å². The normalized spacial score (nSPS) is 14.7. The first-order chi connectivity index (χ1) is 12.3. The molecule has 0 bridgehead atoms.